The SMILES string of the molecule is COC(OC)C(C)NC(=O)c1cncnc1. The Hall–Kier alpha value is -1.53. The maximum absolute atomic E-state index is 11.7. The van der Waals surface area contributed by atoms with Crippen molar-refractivity contribution < 1.29 is 14.3 Å². The highest BCUT2D eigenvalue weighted by Gasteiger charge is 2.18. The topological polar surface area (TPSA) is 73.3 Å². The van der Waals surface area contributed by atoms with E-state index in [-0.39, 0.29) is 11.9 Å². The Labute approximate surface area is 94.0 Å². The number of rotatable bonds is 5. The van der Waals surface area contributed by atoms with Crippen LogP contribution in [0, 0.1) is 0 Å². The lowest BCUT2D eigenvalue weighted by molar-refractivity contribution is -0.117. The van der Waals surface area contributed by atoms with Crippen LogP contribution in [0.3, 0.4) is 0 Å². The van der Waals surface area contributed by atoms with Crippen molar-refractivity contribution in [2.75, 3.05) is 14.2 Å². The normalized spacial score (nSPS) is 12.5. The minimum absolute atomic E-state index is 0.257. The Bertz CT molecular complexity index is 327. The van der Waals surface area contributed by atoms with Crippen molar-refractivity contribution in [1.82, 2.24) is 15.3 Å². The van der Waals surface area contributed by atoms with E-state index in [0.717, 1.165) is 0 Å². The summed E-state index contributed by atoms with van der Waals surface area (Å²) in [5, 5.41) is 2.73. The van der Waals surface area contributed by atoms with Crippen molar-refractivity contribution in [2.45, 2.75) is 19.3 Å². The first-order chi connectivity index (χ1) is 7.69. The molecule has 1 aromatic heterocycles. The molecule has 6 heteroatoms. The molecule has 0 aliphatic rings. The van der Waals surface area contributed by atoms with Crippen LogP contribution in [-0.2, 0) is 9.47 Å². The van der Waals surface area contributed by atoms with Crippen LogP contribution in [0.25, 0.3) is 0 Å². The van der Waals surface area contributed by atoms with Crippen LogP contribution in [0.5, 0.6) is 0 Å². The van der Waals surface area contributed by atoms with E-state index in [2.05, 4.69) is 15.3 Å². The number of nitrogens with one attached hydrogen (secondary N) is 1. The van der Waals surface area contributed by atoms with Gasteiger partial charge in [0.2, 0.25) is 0 Å². The zero-order valence-electron chi connectivity index (χ0n) is 9.51. The van der Waals surface area contributed by atoms with Crippen molar-refractivity contribution >= 4 is 5.91 Å². The minimum atomic E-state index is -0.478. The first kappa shape index (κ1) is 12.5. The molecular formula is C10H15N3O3. The van der Waals surface area contributed by atoms with Crippen molar-refractivity contribution in [2.24, 2.45) is 0 Å². The third-order valence-corrected chi connectivity index (χ3v) is 2.05. The van der Waals surface area contributed by atoms with Crippen LogP contribution >= 0.6 is 0 Å². The largest absolute Gasteiger partial charge is 0.354 e. The molecular weight excluding hydrogens is 210 g/mol. The zero-order valence-corrected chi connectivity index (χ0v) is 9.51. The molecule has 0 radical (unpaired) electrons. The highest BCUT2D eigenvalue weighted by Crippen LogP contribution is 2.01. The maximum atomic E-state index is 11.7. The fraction of sp³-hybridized carbons (Fsp3) is 0.500. The number of carbonyl (C=O) groups excluding carboxylic acids is 1. The molecule has 16 heavy (non-hydrogen) atoms. The third-order valence-electron chi connectivity index (χ3n) is 2.05. The van der Waals surface area contributed by atoms with Crippen molar-refractivity contribution in [3.05, 3.63) is 24.3 Å². The van der Waals surface area contributed by atoms with Gasteiger partial charge in [0.05, 0.1) is 11.6 Å². The van der Waals surface area contributed by atoms with E-state index in [1.165, 1.54) is 32.9 Å². The number of carbonyl (C=O) groups is 1. The van der Waals surface area contributed by atoms with Gasteiger partial charge in [-0.1, -0.05) is 0 Å². The van der Waals surface area contributed by atoms with Gasteiger partial charge < -0.3 is 14.8 Å². The molecule has 0 aromatic carbocycles. The maximum Gasteiger partial charge on any atom is 0.254 e. The predicted molar refractivity (Wildman–Crippen MR) is 56.8 cm³/mol. The monoisotopic (exact) mass is 225 g/mol. The van der Waals surface area contributed by atoms with Gasteiger partial charge in [-0.3, -0.25) is 4.79 Å². The number of hydrogen-bond donors (Lipinski definition) is 1. The second kappa shape index (κ2) is 6.14. The van der Waals surface area contributed by atoms with Gasteiger partial charge in [0.25, 0.3) is 5.91 Å². The van der Waals surface area contributed by atoms with Gasteiger partial charge in [-0.05, 0) is 6.92 Å². The summed E-state index contributed by atoms with van der Waals surface area (Å²) < 4.78 is 10.1. The molecule has 6 nitrogen and oxygen atoms in total. The van der Waals surface area contributed by atoms with Gasteiger partial charge in [0.1, 0.15) is 6.33 Å². The number of amides is 1. The smallest absolute Gasteiger partial charge is 0.254 e. The summed E-state index contributed by atoms with van der Waals surface area (Å²) in [6.45, 7) is 1.79. The molecule has 1 aromatic rings. The van der Waals surface area contributed by atoms with Gasteiger partial charge in [0, 0.05) is 26.6 Å². The second-order valence-electron chi connectivity index (χ2n) is 3.23. The molecule has 1 heterocycles. The van der Waals surface area contributed by atoms with E-state index in [9.17, 15) is 4.79 Å². The number of methoxy groups -OCH3 is 2. The van der Waals surface area contributed by atoms with Crippen molar-refractivity contribution in [3.8, 4) is 0 Å². The Morgan fingerprint density at radius 1 is 1.31 bits per heavy atom. The third kappa shape index (κ3) is 3.25. The number of hydrogen-bond acceptors (Lipinski definition) is 5. The Kier molecular flexibility index (Phi) is 4.81. The summed E-state index contributed by atoms with van der Waals surface area (Å²) in [6.07, 6.45) is 3.79. The molecule has 0 aliphatic carbocycles. The number of ether oxygens (including phenoxy) is 2. The lowest BCUT2D eigenvalue weighted by Gasteiger charge is -2.21. The standard InChI is InChI=1S/C10H15N3O3/c1-7(10(15-2)16-3)13-9(14)8-4-11-6-12-5-8/h4-7,10H,1-3H3,(H,13,14). The summed E-state index contributed by atoms with van der Waals surface area (Å²) in [5.41, 5.74) is 0.403. The van der Waals surface area contributed by atoms with Gasteiger partial charge in [-0.2, -0.15) is 0 Å². The molecule has 88 valence electrons. The average Bonchev–Trinajstić information content (AvgIpc) is 2.31. The zero-order chi connectivity index (χ0) is 12.0. The molecule has 1 unspecified atom stereocenters. The number of nitrogens with zero attached hydrogens (tertiary/aromatic N) is 2. The molecule has 0 bridgehead atoms. The fourth-order valence-corrected chi connectivity index (χ4v) is 1.28. The van der Waals surface area contributed by atoms with Crippen LogP contribution in [0.1, 0.15) is 17.3 Å². The van der Waals surface area contributed by atoms with Crippen molar-refractivity contribution in [3.63, 3.8) is 0 Å². The first-order valence-electron chi connectivity index (χ1n) is 4.80. The first-order valence-corrected chi connectivity index (χ1v) is 4.80. The second-order valence-corrected chi connectivity index (χ2v) is 3.23. The molecule has 0 fully saturated rings. The molecule has 1 atom stereocenters. The van der Waals surface area contributed by atoms with Crippen LogP contribution < -0.4 is 5.32 Å². The van der Waals surface area contributed by atoms with E-state index < -0.39 is 6.29 Å². The van der Waals surface area contributed by atoms with Crippen LogP contribution in [0.2, 0.25) is 0 Å². The van der Waals surface area contributed by atoms with Gasteiger partial charge in [0.15, 0.2) is 6.29 Å². The Morgan fingerprint density at radius 3 is 2.38 bits per heavy atom. The molecule has 1 amide bonds. The lowest BCUT2D eigenvalue weighted by atomic mass is 10.2. The van der Waals surface area contributed by atoms with Crippen LogP contribution in [0.15, 0.2) is 18.7 Å². The number of aromatic nitrogens is 2. The molecule has 1 N–H and O–H groups in total. The van der Waals surface area contributed by atoms with Crippen LogP contribution in [0.4, 0.5) is 0 Å². The van der Waals surface area contributed by atoms with E-state index in [1.807, 2.05) is 0 Å². The lowest BCUT2D eigenvalue weighted by Crippen LogP contribution is -2.43. The minimum Gasteiger partial charge on any atom is -0.354 e. The molecule has 0 saturated heterocycles. The Morgan fingerprint density at radius 2 is 1.88 bits per heavy atom. The van der Waals surface area contributed by atoms with Gasteiger partial charge in [-0.25, -0.2) is 9.97 Å². The van der Waals surface area contributed by atoms with Gasteiger partial charge in [-0.15, -0.1) is 0 Å². The highest BCUT2D eigenvalue weighted by atomic mass is 16.7. The molecule has 1 rings (SSSR count). The summed E-state index contributed by atoms with van der Waals surface area (Å²) >= 11 is 0. The fourth-order valence-electron chi connectivity index (χ4n) is 1.28. The predicted octanol–water partition coefficient (Wildman–Crippen LogP) is 0.214. The molecule has 0 saturated carbocycles. The van der Waals surface area contributed by atoms with Gasteiger partial charge >= 0.3 is 0 Å². The summed E-state index contributed by atoms with van der Waals surface area (Å²) in [7, 11) is 3.03. The van der Waals surface area contributed by atoms with E-state index >= 15 is 0 Å². The quantitative estimate of drug-likeness (QED) is 0.725. The van der Waals surface area contributed by atoms with E-state index in [1.54, 1.807) is 6.92 Å². The summed E-state index contributed by atoms with van der Waals surface area (Å²) in [6, 6.07) is -0.261. The summed E-state index contributed by atoms with van der Waals surface area (Å²) in [5.74, 6) is -0.257. The van der Waals surface area contributed by atoms with Crippen LogP contribution in [-0.4, -0.2) is 42.4 Å². The highest BCUT2D eigenvalue weighted by molar-refractivity contribution is 5.93. The molecule has 0 aliphatic heterocycles. The van der Waals surface area contributed by atoms with Crippen molar-refractivity contribution in [1.29, 1.82) is 0 Å². The van der Waals surface area contributed by atoms with E-state index in [4.69, 9.17) is 9.47 Å². The summed E-state index contributed by atoms with van der Waals surface area (Å²) in [4.78, 5) is 19.2. The van der Waals surface area contributed by atoms with E-state index in [0.29, 0.717) is 5.56 Å². The molecule has 0 spiro atoms. The Balaban J connectivity index is 2.58. The average molecular weight is 225 g/mol.